The number of rotatable bonds is 3. The third kappa shape index (κ3) is 2.39. The lowest BCUT2D eigenvalue weighted by Gasteiger charge is -2.16. The number of hydrogen-bond acceptors (Lipinski definition) is 4. The maximum absolute atomic E-state index is 12.1. The zero-order valence-electron chi connectivity index (χ0n) is 11.2. The molecule has 1 amide bonds. The van der Waals surface area contributed by atoms with E-state index in [1.54, 1.807) is 30.3 Å². The van der Waals surface area contributed by atoms with Crippen LogP contribution in [0.5, 0.6) is 0 Å². The maximum atomic E-state index is 12.1. The Morgan fingerprint density at radius 2 is 1.77 bits per heavy atom. The number of fused-ring (bicyclic) bond motifs is 1. The summed E-state index contributed by atoms with van der Waals surface area (Å²) >= 11 is 3.27. The number of nitrogens with zero attached hydrogens (tertiary/aromatic N) is 2. The molecule has 6 nitrogen and oxygen atoms in total. The van der Waals surface area contributed by atoms with E-state index in [2.05, 4.69) is 15.9 Å². The lowest BCUT2D eigenvalue weighted by Crippen LogP contribution is -2.29. The molecule has 0 N–H and O–H groups in total. The van der Waals surface area contributed by atoms with Gasteiger partial charge in [0.2, 0.25) is 0 Å². The minimum atomic E-state index is -0.591. The lowest BCUT2D eigenvalue weighted by atomic mass is 10.1. The van der Waals surface area contributed by atoms with E-state index >= 15 is 0 Å². The predicted molar refractivity (Wildman–Crippen MR) is 82.8 cm³/mol. The number of carbonyl (C=O) groups is 2. The molecule has 110 valence electrons. The molecule has 1 aliphatic heterocycles. The van der Waals surface area contributed by atoms with E-state index in [1.165, 1.54) is 17.0 Å². The molecule has 2 aromatic carbocycles. The Kier molecular flexibility index (Phi) is 3.50. The third-order valence-electron chi connectivity index (χ3n) is 3.42. The number of anilines is 1. The van der Waals surface area contributed by atoms with Crippen molar-refractivity contribution in [1.29, 1.82) is 0 Å². The van der Waals surface area contributed by atoms with Gasteiger partial charge in [0, 0.05) is 16.6 Å². The molecule has 0 fully saturated rings. The molecule has 0 bridgehead atoms. The van der Waals surface area contributed by atoms with E-state index in [9.17, 15) is 19.7 Å². The van der Waals surface area contributed by atoms with Crippen LogP contribution in [0.25, 0.3) is 0 Å². The van der Waals surface area contributed by atoms with E-state index < -0.39 is 16.6 Å². The van der Waals surface area contributed by atoms with E-state index in [0.717, 1.165) is 4.47 Å². The van der Waals surface area contributed by atoms with Crippen LogP contribution in [-0.2, 0) is 11.3 Å². The quantitative estimate of drug-likeness (QED) is 0.478. The second kappa shape index (κ2) is 5.34. The van der Waals surface area contributed by atoms with E-state index in [0.29, 0.717) is 16.8 Å². The molecule has 0 unspecified atom stereocenters. The van der Waals surface area contributed by atoms with E-state index in [4.69, 9.17) is 0 Å². The zero-order valence-corrected chi connectivity index (χ0v) is 12.7. The number of amides is 1. The second-order valence-electron chi connectivity index (χ2n) is 4.81. The highest BCUT2D eigenvalue weighted by Crippen LogP contribution is 2.32. The number of nitro benzene ring substituents is 1. The fourth-order valence-corrected chi connectivity index (χ4v) is 2.70. The van der Waals surface area contributed by atoms with Crippen LogP contribution in [0.2, 0.25) is 0 Å². The van der Waals surface area contributed by atoms with Crippen LogP contribution in [0.1, 0.15) is 15.9 Å². The average Bonchev–Trinajstić information content (AvgIpc) is 2.73. The van der Waals surface area contributed by atoms with Crippen molar-refractivity contribution in [2.24, 2.45) is 0 Å². The van der Waals surface area contributed by atoms with Crippen LogP contribution in [-0.4, -0.2) is 16.6 Å². The number of ketones is 1. The third-order valence-corrected chi connectivity index (χ3v) is 3.91. The summed E-state index contributed by atoms with van der Waals surface area (Å²) in [5, 5.41) is 10.6. The van der Waals surface area contributed by atoms with E-state index in [-0.39, 0.29) is 12.2 Å². The Morgan fingerprint density at radius 1 is 1.09 bits per heavy atom. The number of hydrogen-bond donors (Lipinski definition) is 0. The molecular formula is C15H9BrN2O4. The van der Waals surface area contributed by atoms with Crippen molar-refractivity contribution >= 4 is 39.0 Å². The number of nitro groups is 1. The van der Waals surface area contributed by atoms with Crippen molar-refractivity contribution in [3.63, 3.8) is 0 Å². The first kappa shape index (κ1) is 14.4. The normalized spacial score (nSPS) is 13.4. The van der Waals surface area contributed by atoms with Crippen LogP contribution < -0.4 is 4.90 Å². The molecule has 0 saturated heterocycles. The van der Waals surface area contributed by atoms with Crippen molar-refractivity contribution in [2.75, 3.05) is 4.90 Å². The fourth-order valence-electron chi connectivity index (χ4n) is 2.34. The standard InChI is InChI=1S/C15H9BrN2O4/c16-10-3-6-13-12(7-10)14(19)15(20)17(13)8-9-1-4-11(5-2-9)18(21)22/h1-7H,8H2. The van der Waals surface area contributed by atoms with Gasteiger partial charge in [-0.05, 0) is 23.8 Å². The Morgan fingerprint density at radius 3 is 2.41 bits per heavy atom. The first-order chi connectivity index (χ1) is 10.5. The van der Waals surface area contributed by atoms with Gasteiger partial charge < -0.3 is 4.90 Å². The number of non-ortho nitro benzene ring substituents is 1. The zero-order chi connectivity index (χ0) is 15.9. The van der Waals surface area contributed by atoms with Crippen molar-refractivity contribution < 1.29 is 14.5 Å². The van der Waals surface area contributed by atoms with Gasteiger partial charge in [-0.25, -0.2) is 0 Å². The topological polar surface area (TPSA) is 80.5 Å². The van der Waals surface area contributed by atoms with Crippen molar-refractivity contribution in [2.45, 2.75) is 6.54 Å². The molecule has 0 saturated carbocycles. The van der Waals surface area contributed by atoms with Gasteiger partial charge in [-0.3, -0.25) is 19.7 Å². The van der Waals surface area contributed by atoms with Gasteiger partial charge in [0.05, 0.1) is 22.7 Å². The highest BCUT2D eigenvalue weighted by Gasteiger charge is 2.35. The monoisotopic (exact) mass is 360 g/mol. The molecule has 0 atom stereocenters. The van der Waals surface area contributed by atoms with Gasteiger partial charge in [-0.15, -0.1) is 0 Å². The highest BCUT2D eigenvalue weighted by atomic mass is 79.9. The van der Waals surface area contributed by atoms with E-state index in [1.807, 2.05) is 0 Å². The van der Waals surface area contributed by atoms with Crippen LogP contribution in [0.15, 0.2) is 46.9 Å². The van der Waals surface area contributed by atoms with Gasteiger partial charge >= 0.3 is 0 Å². The summed E-state index contributed by atoms with van der Waals surface area (Å²) in [6.45, 7) is 0.192. The summed E-state index contributed by atoms with van der Waals surface area (Å²) in [5.74, 6) is -1.13. The van der Waals surface area contributed by atoms with Crippen LogP contribution in [0, 0.1) is 10.1 Å². The number of Topliss-reactive ketones (excluding diaryl/α,β-unsaturated/α-hetero) is 1. The predicted octanol–water partition coefficient (Wildman–Crippen LogP) is 3.09. The average molecular weight is 361 g/mol. The summed E-state index contributed by atoms with van der Waals surface area (Å²) in [6.07, 6.45) is 0. The molecule has 3 rings (SSSR count). The summed E-state index contributed by atoms with van der Waals surface area (Å²) < 4.78 is 0.726. The Labute approximate surface area is 133 Å². The largest absolute Gasteiger partial charge is 0.300 e. The van der Waals surface area contributed by atoms with Gasteiger partial charge in [0.1, 0.15) is 0 Å². The number of benzene rings is 2. The van der Waals surface area contributed by atoms with Gasteiger partial charge in [-0.2, -0.15) is 0 Å². The lowest BCUT2D eigenvalue weighted by molar-refractivity contribution is -0.384. The minimum absolute atomic E-state index is 0.0168. The minimum Gasteiger partial charge on any atom is -0.300 e. The maximum Gasteiger partial charge on any atom is 0.299 e. The highest BCUT2D eigenvalue weighted by molar-refractivity contribution is 9.10. The van der Waals surface area contributed by atoms with Crippen LogP contribution in [0.4, 0.5) is 11.4 Å². The smallest absolute Gasteiger partial charge is 0.299 e. The Balaban J connectivity index is 1.91. The van der Waals surface area contributed by atoms with Crippen LogP contribution >= 0.6 is 15.9 Å². The SMILES string of the molecule is O=C1C(=O)N(Cc2ccc([N+](=O)[O-])cc2)c2ccc(Br)cc21. The first-order valence-electron chi connectivity index (χ1n) is 6.36. The number of halogens is 1. The fraction of sp³-hybridized carbons (Fsp3) is 0.0667. The molecule has 7 heteroatoms. The summed E-state index contributed by atoms with van der Waals surface area (Å²) in [5.41, 5.74) is 1.61. The van der Waals surface area contributed by atoms with Crippen molar-refractivity contribution in [1.82, 2.24) is 0 Å². The molecule has 2 aromatic rings. The van der Waals surface area contributed by atoms with Gasteiger partial charge in [0.25, 0.3) is 17.4 Å². The van der Waals surface area contributed by atoms with Gasteiger partial charge in [-0.1, -0.05) is 28.1 Å². The molecule has 1 heterocycles. The van der Waals surface area contributed by atoms with Crippen molar-refractivity contribution in [3.05, 3.63) is 68.2 Å². The molecule has 0 aliphatic carbocycles. The van der Waals surface area contributed by atoms with Gasteiger partial charge in [0.15, 0.2) is 0 Å². The summed E-state index contributed by atoms with van der Waals surface area (Å²) in [7, 11) is 0. The molecule has 22 heavy (non-hydrogen) atoms. The molecule has 1 aliphatic rings. The molecular weight excluding hydrogens is 352 g/mol. The summed E-state index contributed by atoms with van der Waals surface area (Å²) in [4.78, 5) is 35.6. The molecule has 0 radical (unpaired) electrons. The number of carbonyl (C=O) groups excluding carboxylic acids is 2. The Bertz CT molecular complexity index is 802. The van der Waals surface area contributed by atoms with Crippen LogP contribution in [0.3, 0.4) is 0 Å². The second-order valence-corrected chi connectivity index (χ2v) is 5.72. The first-order valence-corrected chi connectivity index (χ1v) is 7.16. The molecule has 0 aromatic heterocycles. The Hall–Kier alpha value is -2.54. The van der Waals surface area contributed by atoms with Crippen molar-refractivity contribution in [3.8, 4) is 0 Å². The molecule has 0 spiro atoms. The summed E-state index contributed by atoms with van der Waals surface area (Å²) in [6, 6.07) is 11.0.